The molecule has 7 rings (SSSR count). The van der Waals surface area contributed by atoms with Crippen molar-refractivity contribution in [2.24, 2.45) is 0 Å². The van der Waals surface area contributed by atoms with Crippen LogP contribution in [0, 0.1) is 0 Å². The van der Waals surface area contributed by atoms with Crippen LogP contribution in [0.2, 0.25) is 0 Å². The molecule has 6 aromatic rings. The van der Waals surface area contributed by atoms with Gasteiger partial charge in [-0.25, -0.2) is 0 Å². The van der Waals surface area contributed by atoms with Crippen LogP contribution in [0.15, 0.2) is 97.1 Å². The van der Waals surface area contributed by atoms with Crippen LogP contribution in [-0.2, 0) is 22.7 Å². The number of fused-ring (bicyclic) bond motifs is 2. The lowest BCUT2D eigenvalue weighted by molar-refractivity contribution is 0.180. The van der Waals surface area contributed by atoms with Gasteiger partial charge in [-0.15, -0.1) is 0 Å². The second-order valence-electron chi connectivity index (χ2n) is 12.4. The highest BCUT2D eigenvalue weighted by atomic mass is 16.5. The maximum absolute atomic E-state index is 9.46. The average molecular weight is 678 g/mol. The molecule has 0 radical (unpaired) electrons. The van der Waals surface area contributed by atoms with E-state index < -0.39 is 0 Å². The first kappa shape index (κ1) is 34.9. The Hall–Kier alpha value is -4.96. The first-order valence-electron chi connectivity index (χ1n) is 17.1. The van der Waals surface area contributed by atoms with Crippen LogP contribution >= 0.6 is 0 Å². The summed E-state index contributed by atoms with van der Waals surface area (Å²) in [4.78, 5) is 2.52. The maximum Gasteiger partial charge on any atom is 0.119 e. The van der Waals surface area contributed by atoms with Crippen molar-refractivity contribution in [2.75, 3.05) is 54.7 Å². The number of methoxy groups -OCH3 is 4. The molecule has 9 nitrogen and oxygen atoms in total. The molecule has 9 heteroatoms. The minimum Gasteiger partial charge on any atom is -0.508 e. The quantitative estimate of drug-likeness (QED) is 0.124. The summed E-state index contributed by atoms with van der Waals surface area (Å²) in [5.41, 5.74) is 6.45. The van der Waals surface area contributed by atoms with E-state index in [1.54, 1.807) is 40.6 Å². The first-order chi connectivity index (χ1) is 24.5. The van der Waals surface area contributed by atoms with Crippen LogP contribution in [0.1, 0.15) is 30.7 Å². The van der Waals surface area contributed by atoms with Crippen molar-refractivity contribution in [3.8, 4) is 34.4 Å². The minimum absolute atomic E-state index is 0.255. The highest BCUT2D eigenvalue weighted by Gasteiger charge is 2.14. The molecule has 0 bridgehead atoms. The predicted molar refractivity (Wildman–Crippen MR) is 199 cm³/mol. The van der Waals surface area contributed by atoms with Crippen LogP contribution < -0.4 is 14.2 Å². The third-order valence-corrected chi connectivity index (χ3v) is 9.04. The second-order valence-corrected chi connectivity index (χ2v) is 12.4. The van der Waals surface area contributed by atoms with E-state index in [4.69, 9.17) is 23.7 Å². The lowest BCUT2D eigenvalue weighted by atomic mass is 10.2. The fourth-order valence-electron chi connectivity index (χ4n) is 6.65. The molecule has 262 valence electrons. The number of rotatable bonds is 13. The van der Waals surface area contributed by atoms with Gasteiger partial charge >= 0.3 is 0 Å². The van der Waals surface area contributed by atoms with Gasteiger partial charge in [0.15, 0.2) is 0 Å². The Morgan fingerprint density at radius 3 is 1.54 bits per heavy atom. The third-order valence-electron chi connectivity index (χ3n) is 9.04. The number of phenolic OH excluding ortho intramolecular Hbond substituents is 1. The van der Waals surface area contributed by atoms with Gasteiger partial charge in [0, 0.05) is 54.3 Å². The zero-order valence-corrected chi connectivity index (χ0v) is 29.4. The van der Waals surface area contributed by atoms with Gasteiger partial charge < -0.3 is 42.8 Å². The molecule has 1 fully saturated rings. The summed E-state index contributed by atoms with van der Waals surface area (Å²) in [6.07, 6.45) is 3.76. The van der Waals surface area contributed by atoms with E-state index in [9.17, 15) is 5.11 Å². The van der Waals surface area contributed by atoms with E-state index in [-0.39, 0.29) is 5.75 Å². The van der Waals surface area contributed by atoms with Crippen molar-refractivity contribution < 1.29 is 28.8 Å². The number of nitrogens with zero attached hydrogens (tertiary/aromatic N) is 3. The molecule has 1 aliphatic heterocycles. The lowest BCUT2D eigenvalue weighted by Crippen LogP contribution is -2.21. The Balaban J connectivity index is 0.000000182. The Morgan fingerprint density at radius 1 is 0.580 bits per heavy atom. The predicted octanol–water partition coefficient (Wildman–Crippen LogP) is 8.14. The molecule has 50 heavy (non-hydrogen) atoms. The highest BCUT2D eigenvalue weighted by molar-refractivity contribution is 5.85. The molecule has 0 unspecified atom stereocenters. The molecule has 0 saturated carbocycles. The number of likely N-dealkylation sites (tertiary alicyclic amines) is 1. The van der Waals surface area contributed by atoms with E-state index in [0.29, 0.717) is 13.2 Å². The SMILES string of the molecule is COCc1cc2cc(OC)ccc2n1-c1ccc(O)cc1.COCc1cc2cc(OC)ccc2n1-c1ccc(OCCCN2CCCC2)cc1. The van der Waals surface area contributed by atoms with Crippen molar-refractivity contribution in [3.63, 3.8) is 0 Å². The maximum atomic E-state index is 9.46. The van der Waals surface area contributed by atoms with Crippen molar-refractivity contribution in [2.45, 2.75) is 32.5 Å². The molecule has 0 spiro atoms. The van der Waals surface area contributed by atoms with Gasteiger partial charge in [-0.1, -0.05) is 0 Å². The van der Waals surface area contributed by atoms with Crippen LogP contribution in [-0.4, -0.2) is 73.8 Å². The van der Waals surface area contributed by atoms with Crippen LogP contribution in [0.5, 0.6) is 23.0 Å². The number of benzene rings is 4. The molecular weight excluding hydrogens is 630 g/mol. The summed E-state index contributed by atoms with van der Waals surface area (Å²) in [5, 5.41) is 11.7. The van der Waals surface area contributed by atoms with E-state index in [1.165, 1.54) is 25.9 Å². The third kappa shape index (κ3) is 8.08. The fourth-order valence-corrected chi connectivity index (χ4v) is 6.65. The van der Waals surface area contributed by atoms with Crippen LogP contribution in [0.3, 0.4) is 0 Å². The van der Waals surface area contributed by atoms with Gasteiger partial charge in [-0.2, -0.15) is 0 Å². The van der Waals surface area contributed by atoms with Gasteiger partial charge in [0.05, 0.1) is 45.1 Å². The zero-order chi connectivity index (χ0) is 34.9. The first-order valence-corrected chi connectivity index (χ1v) is 17.1. The normalized spacial score (nSPS) is 13.0. The fraction of sp³-hybridized carbons (Fsp3) is 0.317. The summed E-state index contributed by atoms with van der Waals surface area (Å²) >= 11 is 0. The van der Waals surface area contributed by atoms with Crippen molar-refractivity contribution in [1.29, 1.82) is 0 Å². The van der Waals surface area contributed by atoms with Crippen molar-refractivity contribution >= 4 is 21.8 Å². The largest absolute Gasteiger partial charge is 0.508 e. The molecule has 2 aromatic heterocycles. The van der Waals surface area contributed by atoms with Gasteiger partial charge in [0.1, 0.15) is 23.0 Å². The minimum atomic E-state index is 0.255. The van der Waals surface area contributed by atoms with Crippen molar-refractivity contribution in [1.82, 2.24) is 14.0 Å². The smallest absolute Gasteiger partial charge is 0.119 e. The number of aromatic nitrogens is 2. The standard InChI is InChI=1S/C24H30N2O3.C17H17NO3/c1-27-18-21-16-19-17-23(28-2)10-11-24(19)26(21)20-6-8-22(9-7-20)29-15-5-14-25-12-3-4-13-25;1-20-11-14-9-12-10-16(21-2)7-8-17(12)18(14)13-3-5-15(19)6-4-13/h6-11,16-17H,3-5,12-15,18H2,1-2H3;3-10,19H,11H2,1-2H3. The van der Waals surface area contributed by atoms with Gasteiger partial charge in [0.25, 0.3) is 0 Å². The number of aromatic hydroxyl groups is 1. The average Bonchev–Trinajstić information content (AvgIpc) is 3.88. The molecule has 4 aromatic carbocycles. The molecule has 1 saturated heterocycles. The Labute approximate surface area is 294 Å². The van der Waals surface area contributed by atoms with Crippen molar-refractivity contribution in [3.05, 3.63) is 108 Å². The lowest BCUT2D eigenvalue weighted by Gasteiger charge is -2.15. The summed E-state index contributed by atoms with van der Waals surface area (Å²) in [6, 6.07) is 31.8. The molecule has 0 amide bonds. The van der Waals surface area contributed by atoms with E-state index in [1.807, 2.05) is 36.4 Å². The summed E-state index contributed by atoms with van der Waals surface area (Å²) < 4.78 is 31.7. The Kier molecular flexibility index (Phi) is 11.6. The molecule has 0 atom stereocenters. The number of hydrogen-bond acceptors (Lipinski definition) is 7. The van der Waals surface area contributed by atoms with E-state index in [0.717, 1.165) is 81.4 Å². The molecular formula is C41H47N3O6. The Morgan fingerprint density at radius 2 is 1.06 bits per heavy atom. The molecule has 0 aliphatic carbocycles. The zero-order valence-electron chi connectivity index (χ0n) is 29.4. The second kappa shape index (κ2) is 16.6. The van der Waals surface area contributed by atoms with Gasteiger partial charge in [-0.3, -0.25) is 0 Å². The van der Waals surface area contributed by atoms with Crippen LogP contribution in [0.25, 0.3) is 33.2 Å². The van der Waals surface area contributed by atoms with E-state index >= 15 is 0 Å². The van der Waals surface area contributed by atoms with Gasteiger partial charge in [0.2, 0.25) is 0 Å². The monoisotopic (exact) mass is 677 g/mol. The number of phenols is 1. The molecule has 1 aliphatic rings. The molecule has 3 heterocycles. The summed E-state index contributed by atoms with van der Waals surface area (Å²) in [6.45, 7) is 5.45. The number of hydrogen-bond donors (Lipinski definition) is 1. The highest BCUT2D eigenvalue weighted by Crippen LogP contribution is 2.30. The van der Waals surface area contributed by atoms with E-state index in [2.05, 4.69) is 62.6 Å². The topological polar surface area (TPSA) is 79.5 Å². The summed E-state index contributed by atoms with van der Waals surface area (Å²) in [7, 11) is 6.76. The Bertz CT molecular complexity index is 1970. The van der Waals surface area contributed by atoms with Crippen LogP contribution in [0.4, 0.5) is 0 Å². The number of ether oxygens (including phenoxy) is 5. The molecule has 1 N–H and O–H groups in total. The summed E-state index contributed by atoms with van der Waals surface area (Å²) in [5.74, 6) is 2.86. The van der Waals surface area contributed by atoms with Gasteiger partial charge in [-0.05, 0) is 129 Å².